The average Bonchev–Trinajstić information content (AvgIpc) is 2.78. The predicted octanol–water partition coefficient (Wildman–Crippen LogP) is 3.18. The molecule has 1 N–H and O–H groups in total. The molecule has 6 nitrogen and oxygen atoms in total. The van der Waals surface area contributed by atoms with E-state index in [9.17, 15) is 13.2 Å². The van der Waals surface area contributed by atoms with E-state index in [1.807, 2.05) is 12.1 Å². The van der Waals surface area contributed by atoms with Crippen LogP contribution in [-0.4, -0.2) is 30.9 Å². The van der Waals surface area contributed by atoms with Gasteiger partial charge in [0.15, 0.2) is 0 Å². The van der Waals surface area contributed by atoms with Crippen LogP contribution in [-0.2, 0) is 29.3 Å². The number of hydrogen-bond donors (Lipinski definition) is 1. The van der Waals surface area contributed by atoms with Crippen LogP contribution in [0, 0.1) is 0 Å². The van der Waals surface area contributed by atoms with Gasteiger partial charge in [-0.3, -0.25) is 4.98 Å². The van der Waals surface area contributed by atoms with Crippen molar-refractivity contribution in [1.29, 1.82) is 0 Å². The minimum atomic E-state index is -3.54. The number of hydrogen-bond acceptors (Lipinski definition) is 4. The number of amides is 2. The number of nitrogens with zero attached hydrogens (tertiary/aromatic N) is 2. The maximum atomic E-state index is 12.6. The Balaban J connectivity index is 1.38. The molecule has 0 saturated heterocycles. The van der Waals surface area contributed by atoms with Gasteiger partial charge >= 0.3 is 6.03 Å². The number of sulfone groups is 1. The molecule has 3 aromatic rings. The van der Waals surface area contributed by atoms with Gasteiger partial charge in [0, 0.05) is 19.3 Å². The topological polar surface area (TPSA) is 79.4 Å². The third kappa shape index (κ3) is 4.14. The third-order valence-electron chi connectivity index (χ3n) is 4.99. The van der Waals surface area contributed by atoms with E-state index in [1.54, 1.807) is 65.7 Å². The molecule has 0 unspecified atom stereocenters. The van der Waals surface area contributed by atoms with Gasteiger partial charge < -0.3 is 10.2 Å². The number of fused-ring (bicyclic) bond motifs is 1. The first kappa shape index (κ1) is 19.1. The summed E-state index contributed by atoms with van der Waals surface area (Å²) in [5, 5.41) is 2.90. The second-order valence-corrected chi connectivity index (χ2v) is 8.85. The van der Waals surface area contributed by atoms with E-state index in [0.717, 1.165) is 17.7 Å². The van der Waals surface area contributed by atoms with E-state index >= 15 is 0 Å². The fourth-order valence-electron chi connectivity index (χ4n) is 3.34. The Labute approximate surface area is 170 Å². The van der Waals surface area contributed by atoms with Crippen molar-refractivity contribution >= 4 is 15.9 Å². The van der Waals surface area contributed by atoms with Crippen molar-refractivity contribution in [3.05, 3.63) is 89.7 Å². The fourth-order valence-corrected chi connectivity index (χ4v) is 4.62. The molecule has 2 heterocycles. The van der Waals surface area contributed by atoms with E-state index < -0.39 is 9.84 Å². The van der Waals surface area contributed by atoms with E-state index in [4.69, 9.17) is 0 Å². The summed E-state index contributed by atoms with van der Waals surface area (Å²) in [5.74, 6) is 0. The van der Waals surface area contributed by atoms with Gasteiger partial charge in [-0.25, -0.2) is 13.2 Å². The van der Waals surface area contributed by atoms with E-state index in [-0.39, 0.29) is 15.8 Å². The molecule has 0 bridgehead atoms. The Morgan fingerprint density at radius 3 is 2.45 bits per heavy atom. The van der Waals surface area contributed by atoms with Crippen LogP contribution in [0.3, 0.4) is 0 Å². The number of aromatic nitrogens is 1. The highest BCUT2D eigenvalue weighted by molar-refractivity contribution is 7.91. The highest BCUT2D eigenvalue weighted by atomic mass is 32.2. The van der Waals surface area contributed by atoms with Gasteiger partial charge in [0.05, 0.1) is 22.0 Å². The van der Waals surface area contributed by atoms with E-state index in [0.29, 0.717) is 19.6 Å². The second-order valence-electron chi connectivity index (χ2n) is 6.90. The van der Waals surface area contributed by atoms with Crippen LogP contribution in [0.2, 0.25) is 0 Å². The Hall–Kier alpha value is -3.19. The predicted molar refractivity (Wildman–Crippen MR) is 109 cm³/mol. The Bertz CT molecular complexity index is 1110. The van der Waals surface area contributed by atoms with E-state index in [2.05, 4.69) is 10.3 Å². The lowest BCUT2D eigenvalue weighted by atomic mass is 10.1. The molecule has 0 aliphatic carbocycles. The lowest BCUT2D eigenvalue weighted by molar-refractivity contribution is 0.191. The number of carbonyl (C=O) groups is 1. The normalized spacial score (nSPS) is 13.6. The molecule has 148 valence electrons. The number of urea groups is 1. The molecule has 1 aliphatic heterocycles. The largest absolute Gasteiger partial charge is 0.334 e. The van der Waals surface area contributed by atoms with Crippen LogP contribution in [0.5, 0.6) is 0 Å². The summed E-state index contributed by atoms with van der Waals surface area (Å²) in [7, 11) is -3.54. The van der Waals surface area contributed by atoms with Crippen LogP contribution in [0.1, 0.15) is 16.8 Å². The van der Waals surface area contributed by atoms with Crippen LogP contribution in [0.15, 0.2) is 82.7 Å². The van der Waals surface area contributed by atoms with E-state index in [1.165, 1.54) is 5.56 Å². The van der Waals surface area contributed by atoms with Crippen molar-refractivity contribution in [1.82, 2.24) is 15.2 Å². The quantitative estimate of drug-likeness (QED) is 0.720. The number of pyridine rings is 1. The first-order valence-electron chi connectivity index (χ1n) is 9.39. The Morgan fingerprint density at radius 1 is 0.966 bits per heavy atom. The van der Waals surface area contributed by atoms with Gasteiger partial charge in [-0.1, -0.05) is 36.4 Å². The van der Waals surface area contributed by atoms with Gasteiger partial charge in [0.1, 0.15) is 0 Å². The molecule has 0 radical (unpaired) electrons. The summed E-state index contributed by atoms with van der Waals surface area (Å²) in [4.78, 5) is 19.1. The molecule has 2 aromatic carbocycles. The summed E-state index contributed by atoms with van der Waals surface area (Å²) in [6, 6.07) is 18.7. The molecule has 2 amide bonds. The van der Waals surface area contributed by atoms with Crippen molar-refractivity contribution in [2.75, 3.05) is 6.54 Å². The van der Waals surface area contributed by atoms with Crippen LogP contribution in [0.4, 0.5) is 4.79 Å². The smallest absolute Gasteiger partial charge is 0.318 e. The molecule has 0 fully saturated rings. The molecule has 4 rings (SSSR count). The first-order chi connectivity index (χ1) is 14.0. The van der Waals surface area contributed by atoms with Crippen molar-refractivity contribution in [3.63, 3.8) is 0 Å². The number of carbonyl (C=O) groups excluding carboxylic acids is 1. The molecule has 0 atom stereocenters. The van der Waals surface area contributed by atoms with Crippen molar-refractivity contribution < 1.29 is 13.2 Å². The van der Waals surface area contributed by atoms with Crippen LogP contribution >= 0.6 is 0 Å². The number of rotatable bonds is 4. The van der Waals surface area contributed by atoms with Crippen molar-refractivity contribution in [2.45, 2.75) is 29.3 Å². The van der Waals surface area contributed by atoms with Crippen LogP contribution in [0.25, 0.3) is 0 Å². The molecule has 0 spiro atoms. The van der Waals surface area contributed by atoms with Gasteiger partial charge in [0.2, 0.25) is 9.84 Å². The first-order valence-corrected chi connectivity index (χ1v) is 10.9. The molecular formula is C22H21N3O3S. The standard InChI is InChI=1S/C22H21N3O3S/c26-22(25-14-12-18-5-4-13-23-21(18)16-25)24-15-17-8-10-20(11-9-17)29(27,28)19-6-2-1-3-7-19/h1-11,13H,12,14-16H2,(H,24,26). The fraction of sp³-hybridized carbons (Fsp3) is 0.182. The lowest BCUT2D eigenvalue weighted by Gasteiger charge is -2.28. The summed E-state index contributed by atoms with van der Waals surface area (Å²) >= 11 is 0. The van der Waals surface area contributed by atoms with Gasteiger partial charge in [-0.2, -0.15) is 0 Å². The molecule has 29 heavy (non-hydrogen) atoms. The van der Waals surface area contributed by atoms with Crippen LogP contribution < -0.4 is 5.32 Å². The minimum Gasteiger partial charge on any atom is -0.334 e. The average molecular weight is 407 g/mol. The lowest BCUT2D eigenvalue weighted by Crippen LogP contribution is -2.42. The SMILES string of the molecule is O=C(NCc1ccc(S(=O)(=O)c2ccccc2)cc1)N1CCc2cccnc2C1. The zero-order valence-corrected chi connectivity index (χ0v) is 16.6. The Morgan fingerprint density at radius 2 is 1.69 bits per heavy atom. The van der Waals surface area contributed by atoms with Gasteiger partial charge in [-0.15, -0.1) is 0 Å². The zero-order valence-electron chi connectivity index (χ0n) is 15.8. The van der Waals surface area contributed by atoms with Crippen molar-refractivity contribution in [3.8, 4) is 0 Å². The Kier molecular flexibility index (Phi) is 5.31. The van der Waals surface area contributed by atoms with Gasteiger partial charge in [-0.05, 0) is 47.9 Å². The number of nitrogens with one attached hydrogen (secondary N) is 1. The van der Waals surface area contributed by atoms with Gasteiger partial charge in [0.25, 0.3) is 0 Å². The summed E-state index contributed by atoms with van der Waals surface area (Å²) < 4.78 is 25.3. The summed E-state index contributed by atoms with van der Waals surface area (Å²) in [6.45, 7) is 1.48. The third-order valence-corrected chi connectivity index (χ3v) is 6.78. The number of benzene rings is 2. The highest BCUT2D eigenvalue weighted by Gasteiger charge is 2.21. The van der Waals surface area contributed by atoms with Crippen molar-refractivity contribution in [2.24, 2.45) is 0 Å². The molecule has 0 saturated carbocycles. The minimum absolute atomic E-state index is 0.151. The maximum absolute atomic E-state index is 12.6. The zero-order chi connectivity index (χ0) is 20.3. The second kappa shape index (κ2) is 8.05. The highest BCUT2D eigenvalue weighted by Crippen LogP contribution is 2.21. The summed E-state index contributed by atoms with van der Waals surface area (Å²) in [5.41, 5.74) is 2.96. The molecular weight excluding hydrogens is 386 g/mol. The molecule has 1 aromatic heterocycles. The maximum Gasteiger partial charge on any atom is 0.318 e. The monoisotopic (exact) mass is 407 g/mol. The summed E-state index contributed by atoms with van der Waals surface area (Å²) in [6.07, 6.45) is 2.54. The molecule has 1 aliphatic rings. The molecule has 7 heteroatoms.